The van der Waals surface area contributed by atoms with Gasteiger partial charge in [0, 0.05) is 0 Å². The van der Waals surface area contributed by atoms with Crippen LogP contribution in [0.15, 0.2) is 30.3 Å². The van der Waals surface area contributed by atoms with Crippen LogP contribution in [0.2, 0.25) is 0 Å². The topological polar surface area (TPSA) is 26.0 Å². The summed E-state index contributed by atoms with van der Waals surface area (Å²) in [5.74, 6) is 0.552. The summed E-state index contributed by atoms with van der Waals surface area (Å²) in [7, 11) is 0. The molecule has 0 aliphatic heterocycles. The number of benzene rings is 1. The zero-order valence-electron chi connectivity index (χ0n) is 7.66. The summed E-state index contributed by atoms with van der Waals surface area (Å²) in [5, 5.41) is 0. The van der Waals surface area contributed by atoms with Crippen molar-refractivity contribution >= 4 is 0 Å². The molecule has 0 heterocycles. The summed E-state index contributed by atoms with van der Waals surface area (Å²) >= 11 is 0. The summed E-state index contributed by atoms with van der Waals surface area (Å²) in [5.41, 5.74) is 7.07. The van der Waals surface area contributed by atoms with E-state index in [0.29, 0.717) is 5.92 Å². The highest BCUT2D eigenvalue weighted by molar-refractivity contribution is 5.19. The molecule has 0 spiro atoms. The van der Waals surface area contributed by atoms with Crippen LogP contribution in [-0.2, 0) is 0 Å². The molecular weight excluding hydrogens is 146 g/mol. The van der Waals surface area contributed by atoms with E-state index in [1.807, 2.05) is 6.07 Å². The molecule has 0 unspecified atom stereocenters. The first-order valence-electron chi connectivity index (χ1n) is 4.63. The lowest BCUT2D eigenvalue weighted by atomic mass is 9.95. The molecule has 0 aliphatic rings. The van der Waals surface area contributed by atoms with Gasteiger partial charge in [-0.1, -0.05) is 43.7 Å². The quantitative estimate of drug-likeness (QED) is 0.725. The third kappa shape index (κ3) is 2.35. The highest BCUT2D eigenvalue weighted by Crippen LogP contribution is 2.18. The molecule has 0 aliphatic carbocycles. The van der Waals surface area contributed by atoms with Gasteiger partial charge in [-0.15, -0.1) is 0 Å². The average molecular weight is 163 g/mol. The molecule has 1 aromatic carbocycles. The van der Waals surface area contributed by atoms with E-state index < -0.39 is 0 Å². The molecule has 0 saturated heterocycles. The van der Waals surface area contributed by atoms with E-state index in [4.69, 9.17) is 5.73 Å². The Morgan fingerprint density at radius 2 is 1.92 bits per heavy atom. The molecule has 0 amide bonds. The van der Waals surface area contributed by atoms with E-state index in [-0.39, 0.29) is 0 Å². The highest BCUT2D eigenvalue weighted by atomic mass is 14.5. The smallest absolute Gasteiger partial charge is 0.000824 e. The van der Waals surface area contributed by atoms with Crippen LogP contribution in [0.1, 0.15) is 31.2 Å². The van der Waals surface area contributed by atoms with Gasteiger partial charge >= 0.3 is 0 Å². The summed E-state index contributed by atoms with van der Waals surface area (Å²) in [6.07, 6.45) is 2.40. The van der Waals surface area contributed by atoms with Gasteiger partial charge in [0.1, 0.15) is 0 Å². The number of hydrogen-bond donors (Lipinski definition) is 1. The Morgan fingerprint density at radius 1 is 1.25 bits per heavy atom. The Kier molecular flexibility index (Phi) is 3.81. The van der Waals surface area contributed by atoms with Crippen molar-refractivity contribution in [2.24, 2.45) is 5.73 Å². The van der Waals surface area contributed by atoms with E-state index >= 15 is 0 Å². The van der Waals surface area contributed by atoms with Crippen LogP contribution in [0.3, 0.4) is 0 Å². The van der Waals surface area contributed by atoms with Gasteiger partial charge in [0.2, 0.25) is 0 Å². The van der Waals surface area contributed by atoms with Gasteiger partial charge in [0.25, 0.3) is 0 Å². The first-order chi connectivity index (χ1) is 5.88. The fourth-order valence-electron chi connectivity index (χ4n) is 1.49. The van der Waals surface area contributed by atoms with Crippen molar-refractivity contribution in [1.29, 1.82) is 0 Å². The maximum atomic E-state index is 5.69. The number of rotatable bonds is 4. The van der Waals surface area contributed by atoms with E-state index in [1.165, 1.54) is 18.4 Å². The predicted molar refractivity (Wildman–Crippen MR) is 53.1 cm³/mol. The Bertz CT molecular complexity index is 206. The molecular formula is C11H17N. The lowest BCUT2D eigenvalue weighted by Gasteiger charge is -2.13. The van der Waals surface area contributed by atoms with Crippen molar-refractivity contribution in [3.8, 4) is 0 Å². The second kappa shape index (κ2) is 4.94. The van der Waals surface area contributed by atoms with E-state index in [9.17, 15) is 0 Å². The second-order valence-corrected chi connectivity index (χ2v) is 3.13. The predicted octanol–water partition coefficient (Wildman–Crippen LogP) is 2.53. The van der Waals surface area contributed by atoms with Crippen molar-refractivity contribution in [2.75, 3.05) is 6.54 Å². The zero-order valence-corrected chi connectivity index (χ0v) is 7.66. The summed E-state index contributed by atoms with van der Waals surface area (Å²) in [6.45, 7) is 2.96. The van der Waals surface area contributed by atoms with Crippen molar-refractivity contribution < 1.29 is 0 Å². The van der Waals surface area contributed by atoms with Crippen LogP contribution in [0, 0.1) is 0 Å². The maximum absolute atomic E-state index is 5.69. The zero-order chi connectivity index (χ0) is 8.81. The van der Waals surface area contributed by atoms with Gasteiger partial charge in [-0.05, 0) is 24.4 Å². The molecule has 0 fully saturated rings. The minimum absolute atomic E-state index is 0.552. The van der Waals surface area contributed by atoms with Crippen LogP contribution < -0.4 is 5.73 Å². The van der Waals surface area contributed by atoms with Crippen LogP contribution in [0.25, 0.3) is 0 Å². The number of nitrogens with two attached hydrogens (primary N) is 1. The third-order valence-corrected chi connectivity index (χ3v) is 2.19. The minimum atomic E-state index is 0.552. The Balaban J connectivity index is 2.66. The lowest BCUT2D eigenvalue weighted by Crippen LogP contribution is -2.11. The molecule has 0 aromatic heterocycles. The van der Waals surface area contributed by atoms with E-state index in [2.05, 4.69) is 31.2 Å². The van der Waals surface area contributed by atoms with Crippen LogP contribution >= 0.6 is 0 Å². The fourth-order valence-corrected chi connectivity index (χ4v) is 1.49. The maximum Gasteiger partial charge on any atom is -0.000824 e. The Labute approximate surface area is 74.6 Å². The molecule has 1 heteroatoms. The Morgan fingerprint density at radius 3 is 2.42 bits per heavy atom. The Hall–Kier alpha value is -0.820. The first-order valence-corrected chi connectivity index (χ1v) is 4.63. The molecule has 12 heavy (non-hydrogen) atoms. The summed E-state index contributed by atoms with van der Waals surface area (Å²) in [4.78, 5) is 0. The molecule has 0 radical (unpaired) electrons. The normalized spacial score (nSPS) is 12.8. The fraction of sp³-hybridized carbons (Fsp3) is 0.455. The summed E-state index contributed by atoms with van der Waals surface area (Å²) in [6, 6.07) is 10.5. The highest BCUT2D eigenvalue weighted by Gasteiger charge is 2.06. The molecule has 0 saturated carbocycles. The van der Waals surface area contributed by atoms with Crippen molar-refractivity contribution in [2.45, 2.75) is 25.7 Å². The van der Waals surface area contributed by atoms with Crippen molar-refractivity contribution in [3.05, 3.63) is 35.9 Å². The monoisotopic (exact) mass is 163 g/mol. The average Bonchev–Trinajstić information content (AvgIpc) is 2.15. The molecule has 66 valence electrons. The van der Waals surface area contributed by atoms with Gasteiger partial charge in [-0.3, -0.25) is 0 Å². The molecule has 1 rings (SSSR count). The molecule has 1 nitrogen and oxygen atoms in total. The van der Waals surface area contributed by atoms with Crippen LogP contribution in [0.4, 0.5) is 0 Å². The van der Waals surface area contributed by atoms with Crippen molar-refractivity contribution in [3.63, 3.8) is 0 Å². The largest absolute Gasteiger partial charge is 0.330 e. The molecule has 1 aromatic rings. The molecule has 2 N–H and O–H groups in total. The lowest BCUT2D eigenvalue weighted by molar-refractivity contribution is 0.622. The second-order valence-electron chi connectivity index (χ2n) is 3.13. The molecule has 1 atom stereocenters. The standard InChI is InChI=1S/C11H17N/c1-2-6-11(9-12)10-7-4-3-5-8-10/h3-5,7-8,11H,2,6,9,12H2,1H3/t11-/m0/s1. The van der Waals surface area contributed by atoms with Crippen LogP contribution in [0.5, 0.6) is 0 Å². The van der Waals surface area contributed by atoms with Gasteiger partial charge in [0.15, 0.2) is 0 Å². The SMILES string of the molecule is CCC[C@@H](CN)c1ccccc1. The van der Waals surface area contributed by atoms with Gasteiger partial charge in [-0.25, -0.2) is 0 Å². The van der Waals surface area contributed by atoms with E-state index in [1.54, 1.807) is 0 Å². The minimum Gasteiger partial charge on any atom is -0.330 e. The molecule has 0 bridgehead atoms. The van der Waals surface area contributed by atoms with E-state index in [0.717, 1.165) is 6.54 Å². The summed E-state index contributed by atoms with van der Waals surface area (Å²) < 4.78 is 0. The van der Waals surface area contributed by atoms with Gasteiger partial charge in [0.05, 0.1) is 0 Å². The van der Waals surface area contributed by atoms with Gasteiger partial charge in [-0.2, -0.15) is 0 Å². The number of hydrogen-bond acceptors (Lipinski definition) is 1. The van der Waals surface area contributed by atoms with Crippen molar-refractivity contribution in [1.82, 2.24) is 0 Å². The third-order valence-electron chi connectivity index (χ3n) is 2.19. The van der Waals surface area contributed by atoms with Gasteiger partial charge < -0.3 is 5.73 Å². The van der Waals surface area contributed by atoms with Crippen LogP contribution in [-0.4, -0.2) is 6.54 Å². The first kappa shape index (κ1) is 9.27.